The number of rotatable bonds is 6. The fourth-order valence-electron chi connectivity index (χ4n) is 0.788. The van der Waals surface area contributed by atoms with Gasteiger partial charge in [-0.2, -0.15) is 0 Å². The molecule has 3 N–H and O–H groups in total. The maximum atomic E-state index is 11.0. The minimum atomic E-state index is -0.151. The maximum Gasteiger partial charge on any atom is 0.309 e. The van der Waals surface area contributed by atoms with E-state index < -0.39 is 0 Å². The predicted molar refractivity (Wildman–Crippen MR) is 47.7 cm³/mol. The van der Waals surface area contributed by atoms with Crippen LogP contribution in [0.2, 0.25) is 0 Å². The maximum absolute atomic E-state index is 11.0. The van der Waals surface area contributed by atoms with Gasteiger partial charge in [0.2, 0.25) is 0 Å². The van der Waals surface area contributed by atoms with Gasteiger partial charge in [-0.3, -0.25) is 4.79 Å². The van der Waals surface area contributed by atoms with Crippen LogP contribution in [-0.4, -0.2) is 32.2 Å². The van der Waals surface area contributed by atoms with Gasteiger partial charge in [-0.15, -0.1) is 0 Å². The van der Waals surface area contributed by atoms with E-state index in [9.17, 15) is 4.79 Å². The number of carbonyl (C=O) groups is 1. The lowest BCUT2D eigenvalue weighted by molar-refractivity contribution is -0.147. The zero-order valence-corrected chi connectivity index (χ0v) is 7.80. The summed E-state index contributed by atoms with van der Waals surface area (Å²) in [6.07, 6.45) is 0. The van der Waals surface area contributed by atoms with Crippen molar-refractivity contribution in [1.82, 2.24) is 5.32 Å². The highest BCUT2D eigenvalue weighted by atomic mass is 16.5. The van der Waals surface area contributed by atoms with E-state index >= 15 is 0 Å². The molecule has 0 fully saturated rings. The molecule has 0 rings (SSSR count). The first-order valence-corrected chi connectivity index (χ1v) is 4.29. The van der Waals surface area contributed by atoms with Gasteiger partial charge in [0.1, 0.15) is 0 Å². The Hall–Kier alpha value is -0.610. The third kappa shape index (κ3) is 5.09. The van der Waals surface area contributed by atoms with Gasteiger partial charge in [-0.1, -0.05) is 6.92 Å². The lowest BCUT2D eigenvalue weighted by atomic mass is 10.2. The van der Waals surface area contributed by atoms with Crippen LogP contribution >= 0.6 is 0 Å². The first kappa shape index (κ1) is 11.4. The van der Waals surface area contributed by atoms with E-state index in [1.54, 1.807) is 6.92 Å². The van der Waals surface area contributed by atoms with Gasteiger partial charge in [-0.25, -0.2) is 0 Å². The molecule has 0 aromatic heterocycles. The van der Waals surface area contributed by atoms with Crippen molar-refractivity contribution in [3.8, 4) is 0 Å². The molecule has 0 saturated heterocycles. The summed E-state index contributed by atoms with van der Waals surface area (Å²) in [4.78, 5) is 11.0. The normalized spacial score (nSPS) is 12.6. The molecule has 0 aliphatic rings. The van der Waals surface area contributed by atoms with Crippen molar-refractivity contribution >= 4 is 5.97 Å². The summed E-state index contributed by atoms with van der Waals surface area (Å²) < 4.78 is 4.82. The van der Waals surface area contributed by atoms with Crippen molar-refractivity contribution in [2.24, 2.45) is 11.7 Å². The number of carbonyl (C=O) groups excluding carboxylic acids is 1. The minimum absolute atomic E-state index is 0.0866. The highest BCUT2D eigenvalue weighted by Gasteiger charge is 2.12. The van der Waals surface area contributed by atoms with Gasteiger partial charge < -0.3 is 15.8 Å². The van der Waals surface area contributed by atoms with Crippen LogP contribution in [0.1, 0.15) is 13.8 Å². The lowest BCUT2D eigenvalue weighted by Gasteiger charge is -2.10. The summed E-state index contributed by atoms with van der Waals surface area (Å²) in [6.45, 7) is 6.05. The van der Waals surface area contributed by atoms with E-state index in [2.05, 4.69) is 5.32 Å². The molecule has 0 aromatic carbocycles. The van der Waals surface area contributed by atoms with Crippen LogP contribution in [0.15, 0.2) is 0 Å². The summed E-state index contributed by atoms with van der Waals surface area (Å²) in [6, 6.07) is 0. The molecule has 0 saturated carbocycles. The molecule has 0 heterocycles. The zero-order valence-electron chi connectivity index (χ0n) is 7.80. The first-order chi connectivity index (χ1) is 5.72. The fraction of sp³-hybridized carbons (Fsp3) is 0.875. The highest BCUT2D eigenvalue weighted by Crippen LogP contribution is 1.95. The van der Waals surface area contributed by atoms with Crippen LogP contribution < -0.4 is 11.1 Å². The molecule has 0 bridgehead atoms. The second kappa shape index (κ2) is 7.06. The van der Waals surface area contributed by atoms with Gasteiger partial charge >= 0.3 is 5.97 Å². The Balaban J connectivity index is 3.42. The predicted octanol–water partition coefficient (Wildman–Crippen LogP) is -0.266. The summed E-state index contributed by atoms with van der Waals surface area (Å²) in [5, 5.41) is 3.05. The molecule has 1 unspecified atom stereocenters. The van der Waals surface area contributed by atoms with Gasteiger partial charge in [0.15, 0.2) is 0 Å². The number of nitrogens with one attached hydrogen (secondary N) is 1. The molecule has 72 valence electrons. The summed E-state index contributed by atoms with van der Waals surface area (Å²) in [5.74, 6) is -0.237. The summed E-state index contributed by atoms with van der Waals surface area (Å²) >= 11 is 0. The monoisotopic (exact) mass is 174 g/mol. The average Bonchev–Trinajstić information content (AvgIpc) is 2.05. The van der Waals surface area contributed by atoms with Crippen LogP contribution in [0.3, 0.4) is 0 Å². The lowest BCUT2D eigenvalue weighted by Crippen LogP contribution is -2.31. The minimum Gasteiger partial charge on any atom is -0.466 e. The first-order valence-electron chi connectivity index (χ1n) is 4.29. The van der Waals surface area contributed by atoms with E-state index in [1.807, 2.05) is 6.92 Å². The van der Waals surface area contributed by atoms with E-state index in [-0.39, 0.29) is 11.9 Å². The number of hydrogen-bond acceptors (Lipinski definition) is 4. The second-order valence-electron chi connectivity index (χ2n) is 2.65. The van der Waals surface area contributed by atoms with E-state index in [4.69, 9.17) is 10.5 Å². The highest BCUT2D eigenvalue weighted by molar-refractivity contribution is 5.72. The number of ether oxygens (including phenoxy) is 1. The standard InChI is InChI=1S/C8H18N2O2/c1-3-12-8(11)7(2)6-10-5-4-9/h7,10H,3-6,9H2,1-2H3. The van der Waals surface area contributed by atoms with E-state index in [1.165, 1.54) is 0 Å². The van der Waals surface area contributed by atoms with E-state index in [0.717, 1.165) is 6.54 Å². The van der Waals surface area contributed by atoms with Gasteiger partial charge in [0.05, 0.1) is 12.5 Å². The second-order valence-corrected chi connectivity index (χ2v) is 2.65. The van der Waals surface area contributed by atoms with Gasteiger partial charge in [-0.05, 0) is 6.92 Å². The molecule has 4 heteroatoms. The molecular weight excluding hydrogens is 156 g/mol. The third-order valence-electron chi connectivity index (χ3n) is 1.46. The number of hydrogen-bond donors (Lipinski definition) is 2. The Labute approximate surface area is 73.5 Å². The van der Waals surface area contributed by atoms with Crippen molar-refractivity contribution in [2.75, 3.05) is 26.2 Å². The topological polar surface area (TPSA) is 64.3 Å². The smallest absolute Gasteiger partial charge is 0.309 e. The van der Waals surface area contributed by atoms with Crippen molar-refractivity contribution < 1.29 is 9.53 Å². The SMILES string of the molecule is CCOC(=O)C(C)CNCCN. The summed E-state index contributed by atoms with van der Waals surface area (Å²) in [7, 11) is 0. The number of esters is 1. The molecule has 0 radical (unpaired) electrons. The third-order valence-corrected chi connectivity index (χ3v) is 1.46. The largest absolute Gasteiger partial charge is 0.466 e. The quantitative estimate of drug-likeness (QED) is 0.430. The van der Waals surface area contributed by atoms with Crippen LogP contribution in [0, 0.1) is 5.92 Å². The molecule has 12 heavy (non-hydrogen) atoms. The molecule has 0 spiro atoms. The molecule has 1 atom stereocenters. The van der Waals surface area contributed by atoms with Gasteiger partial charge in [0.25, 0.3) is 0 Å². The Kier molecular flexibility index (Phi) is 6.70. The molecule has 4 nitrogen and oxygen atoms in total. The molecular formula is C8H18N2O2. The Morgan fingerprint density at radius 1 is 1.67 bits per heavy atom. The Morgan fingerprint density at radius 2 is 2.33 bits per heavy atom. The summed E-state index contributed by atoms with van der Waals surface area (Å²) in [5.41, 5.74) is 5.27. The van der Waals surface area contributed by atoms with Crippen molar-refractivity contribution in [2.45, 2.75) is 13.8 Å². The van der Waals surface area contributed by atoms with Crippen LogP contribution in [-0.2, 0) is 9.53 Å². The van der Waals surface area contributed by atoms with Gasteiger partial charge in [0, 0.05) is 19.6 Å². The van der Waals surface area contributed by atoms with Crippen molar-refractivity contribution in [3.63, 3.8) is 0 Å². The van der Waals surface area contributed by atoms with E-state index in [0.29, 0.717) is 19.7 Å². The molecule has 0 aliphatic carbocycles. The molecule has 0 amide bonds. The molecule has 0 aliphatic heterocycles. The fourth-order valence-corrected chi connectivity index (χ4v) is 0.788. The van der Waals surface area contributed by atoms with Crippen LogP contribution in [0.25, 0.3) is 0 Å². The Bertz CT molecular complexity index is 128. The molecule has 0 aromatic rings. The van der Waals surface area contributed by atoms with Crippen molar-refractivity contribution in [3.05, 3.63) is 0 Å². The number of nitrogens with two attached hydrogens (primary N) is 1. The van der Waals surface area contributed by atoms with Crippen molar-refractivity contribution in [1.29, 1.82) is 0 Å². The Morgan fingerprint density at radius 3 is 2.83 bits per heavy atom. The average molecular weight is 174 g/mol. The zero-order chi connectivity index (χ0) is 9.40. The van der Waals surface area contributed by atoms with Crippen LogP contribution in [0.5, 0.6) is 0 Å². The van der Waals surface area contributed by atoms with Crippen LogP contribution in [0.4, 0.5) is 0 Å².